The standard InChI is InChI=1S/C11H16N2OS/c1-7-5-6-8(2)10(9(7)3)13(15)11(14)12-4/h5-6,15H,1-4H3,(H,12,14). The Bertz CT molecular complexity index is 390. The summed E-state index contributed by atoms with van der Waals surface area (Å²) >= 11 is 4.20. The summed E-state index contributed by atoms with van der Waals surface area (Å²) < 4.78 is 1.34. The van der Waals surface area contributed by atoms with Gasteiger partial charge in [-0.3, -0.25) is 0 Å². The molecule has 0 atom stereocenters. The molecule has 0 spiro atoms. The van der Waals surface area contributed by atoms with Crippen LogP contribution in [0.5, 0.6) is 0 Å². The van der Waals surface area contributed by atoms with Gasteiger partial charge >= 0.3 is 6.03 Å². The van der Waals surface area contributed by atoms with Gasteiger partial charge < -0.3 is 5.32 Å². The fourth-order valence-corrected chi connectivity index (χ4v) is 1.88. The van der Waals surface area contributed by atoms with Crippen molar-refractivity contribution >= 4 is 24.5 Å². The molecule has 3 nitrogen and oxygen atoms in total. The van der Waals surface area contributed by atoms with Crippen LogP contribution in [0.25, 0.3) is 0 Å². The number of anilines is 1. The summed E-state index contributed by atoms with van der Waals surface area (Å²) in [6, 6.07) is 3.80. The first-order valence-corrected chi connectivity index (χ1v) is 5.16. The molecule has 1 N–H and O–H groups in total. The third-order valence-electron chi connectivity index (χ3n) is 2.52. The smallest absolute Gasteiger partial charge is 0.331 e. The predicted molar refractivity (Wildman–Crippen MR) is 66.6 cm³/mol. The zero-order valence-corrected chi connectivity index (χ0v) is 10.4. The van der Waals surface area contributed by atoms with Crippen molar-refractivity contribution in [2.45, 2.75) is 20.8 Å². The Morgan fingerprint density at radius 2 is 1.80 bits per heavy atom. The first-order valence-electron chi connectivity index (χ1n) is 4.76. The van der Waals surface area contributed by atoms with Crippen LogP contribution in [0.2, 0.25) is 0 Å². The molecule has 82 valence electrons. The van der Waals surface area contributed by atoms with E-state index < -0.39 is 0 Å². The van der Waals surface area contributed by atoms with E-state index in [1.165, 1.54) is 4.31 Å². The Hall–Kier alpha value is -1.16. The summed E-state index contributed by atoms with van der Waals surface area (Å²) in [5, 5.41) is 2.55. The Morgan fingerprint density at radius 1 is 1.27 bits per heavy atom. The molecule has 1 aromatic rings. The molecule has 0 aliphatic heterocycles. The van der Waals surface area contributed by atoms with E-state index in [1.807, 2.05) is 32.9 Å². The van der Waals surface area contributed by atoms with Crippen molar-refractivity contribution in [1.82, 2.24) is 5.32 Å². The number of nitrogens with zero attached hydrogens (tertiary/aromatic N) is 1. The number of urea groups is 1. The average molecular weight is 224 g/mol. The Morgan fingerprint density at radius 3 is 2.33 bits per heavy atom. The lowest BCUT2D eigenvalue weighted by Gasteiger charge is -2.20. The van der Waals surface area contributed by atoms with Gasteiger partial charge in [-0.2, -0.15) is 0 Å². The summed E-state index contributed by atoms with van der Waals surface area (Å²) in [4.78, 5) is 11.5. The highest BCUT2D eigenvalue weighted by Crippen LogP contribution is 2.28. The van der Waals surface area contributed by atoms with Crippen LogP contribution < -0.4 is 9.62 Å². The first kappa shape index (κ1) is 11.9. The molecule has 1 aromatic carbocycles. The highest BCUT2D eigenvalue weighted by Gasteiger charge is 2.15. The third kappa shape index (κ3) is 2.26. The number of benzene rings is 1. The number of carbonyl (C=O) groups is 1. The third-order valence-corrected chi connectivity index (χ3v) is 2.90. The number of rotatable bonds is 1. The minimum absolute atomic E-state index is 0.227. The summed E-state index contributed by atoms with van der Waals surface area (Å²) in [6.45, 7) is 5.97. The van der Waals surface area contributed by atoms with E-state index in [0.29, 0.717) is 0 Å². The number of hydrogen-bond acceptors (Lipinski definition) is 2. The van der Waals surface area contributed by atoms with Gasteiger partial charge in [0, 0.05) is 7.05 Å². The van der Waals surface area contributed by atoms with Crippen molar-refractivity contribution in [2.24, 2.45) is 0 Å². The van der Waals surface area contributed by atoms with Crippen molar-refractivity contribution in [3.63, 3.8) is 0 Å². The van der Waals surface area contributed by atoms with Gasteiger partial charge in [-0.05, 0) is 37.5 Å². The fourth-order valence-electron chi connectivity index (χ4n) is 1.47. The van der Waals surface area contributed by atoms with E-state index in [2.05, 4.69) is 18.1 Å². The SMILES string of the molecule is CNC(=O)N(S)c1c(C)ccc(C)c1C. The van der Waals surface area contributed by atoms with Crippen LogP contribution in [-0.4, -0.2) is 13.1 Å². The zero-order valence-electron chi connectivity index (χ0n) is 9.46. The van der Waals surface area contributed by atoms with Crippen LogP contribution in [0.1, 0.15) is 16.7 Å². The fraction of sp³-hybridized carbons (Fsp3) is 0.364. The molecule has 0 heterocycles. The maximum Gasteiger partial charge on any atom is 0.331 e. The molecular weight excluding hydrogens is 208 g/mol. The van der Waals surface area contributed by atoms with E-state index in [-0.39, 0.29) is 6.03 Å². The average Bonchev–Trinajstić information content (AvgIpc) is 2.22. The van der Waals surface area contributed by atoms with E-state index in [0.717, 1.165) is 22.4 Å². The summed E-state index contributed by atoms with van der Waals surface area (Å²) in [7, 11) is 1.59. The van der Waals surface area contributed by atoms with Gasteiger partial charge in [0.25, 0.3) is 0 Å². The number of carbonyl (C=O) groups excluding carboxylic acids is 1. The van der Waals surface area contributed by atoms with Gasteiger partial charge in [0.05, 0.1) is 5.69 Å². The number of amides is 2. The van der Waals surface area contributed by atoms with Gasteiger partial charge in [0.15, 0.2) is 0 Å². The van der Waals surface area contributed by atoms with E-state index >= 15 is 0 Å². The second kappa shape index (κ2) is 4.57. The van der Waals surface area contributed by atoms with E-state index in [9.17, 15) is 4.79 Å². The molecular formula is C11H16N2OS. The van der Waals surface area contributed by atoms with Crippen LogP contribution in [-0.2, 0) is 0 Å². The molecule has 0 fully saturated rings. The molecule has 0 radical (unpaired) electrons. The minimum atomic E-state index is -0.227. The lowest BCUT2D eigenvalue weighted by atomic mass is 10.0. The molecule has 1 rings (SSSR count). The summed E-state index contributed by atoms with van der Waals surface area (Å²) in [5.74, 6) is 0. The molecule has 0 unspecified atom stereocenters. The molecule has 0 aromatic heterocycles. The Labute approximate surface area is 96.0 Å². The van der Waals surface area contributed by atoms with Crippen molar-refractivity contribution in [3.05, 3.63) is 28.8 Å². The number of hydrogen-bond donors (Lipinski definition) is 2. The molecule has 4 heteroatoms. The largest absolute Gasteiger partial charge is 0.340 e. The van der Waals surface area contributed by atoms with Crippen LogP contribution in [0.15, 0.2) is 12.1 Å². The van der Waals surface area contributed by atoms with Crippen LogP contribution in [0, 0.1) is 20.8 Å². The van der Waals surface area contributed by atoms with Crippen molar-refractivity contribution < 1.29 is 4.79 Å². The monoisotopic (exact) mass is 224 g/mol. The molecule has 15 heavy (non-hydrogen) atoms. The van der Waals surface area contributed by atoms with Gasteiger partial charge in [0.2, 0.25) is 0 Å². The molecule has 0 bridgehead atoms. The molecule has 0 saturated heterocycles. The van der Waals surface area contributed by atoms with Crippen molar-refractivity contribution in [3.8, 4) is 0 Å². The van der Waals surface area contributed by atoms with E-state index in [4.69, 9.17) is 0 Å². The highest BCUT2D eigenvalue weighted by atomic mass is 32.1. The number of thiol groups is 1. The van der Waals surface area contributed by atoms with Crippen molar-refractivity contribution in [1.29, 1.82) is 0 Å². The maximum absolute atomic E-state index is 11.5. The first-order chi connectivity index (χ1) is 6.99. The zero-order chi connectivity index (χ0) is 11.6. The molecule has 0 aliphatic carbocycles. The normalized spacial score (nSPS) is 9.93. The van der Waals surface area contributed by atoms with Gasteiger partial charge in [-0.1, -0.05) is 24.9 Å². The molecule has 0 aliphatic rings. The van der Waals surface area contributed by atoms with E-state index in [1.54, 1.807) is 7.05 Å². The maximum atomic E-state index is 11.5. The van der Waals surface area contributed by atoms with Crippen molar-refractivity contribution in [2.75, 3.05) is 11.4 Å². The molecule has 0 saturated carbocycles. The summed E-state index contributed by atoms with van der Waals surface area (Å²) in [6.07, 6.45) is 0. The van der Waals surface area contributed by atoms with Crippen LogP contribution in [0.3, 0.4) is 0 Å². The Kier molecular flexibility index (Phi) is 3.63. The number of nitrogens with one attached hydrogen (secondary N) is 1. The topological polar surface area (TPSA) is 32.3 Å². The second-order valence-electron chi connectivity index (χ2n) is 3.54. The van der Waals surface area contributed by atoms with Gasteiger partial charge in [-0.25, -0.2) is 9.10 Å². The Balaban J connectivity index is 3.24. The predicted octanol–water partition coefficient (Wildman–Crippen LogP) is 2.60. The van der Waals surface area contributed by atoms with Crippen LogP contribution in [0.4, 0.5) is 10.5 Å². The molecule has 2 amide bonds. The lowest BCUT2D eigenvalue weighted by molar-refractivity contribution is 0.252. The second-order valence-corrected chi connectivity index (χ2v) is 3.94. The highest BCUT2D eigenvalue weighted by molar-refractivity contribution is 7.82. The minimum Gasteiger partial charge on any atom is -0.340 e. The quantitative estimate of drug-likeness (QED) is 0.706. The lowest BCUT2D eigenvalue weighted by Crippen LogP contribution is -2.31. The van der Waals surface area contributed by atoms with Gasteiger partial charge in [0.1, 0.15) is 0 Å². The van der Waals surface area contributed by atoms with Crippen LogP contribution >= 0.6 is 12.8 Å². The summed E-state index contributed by atoms with van der Waals surface area (Å²) in [5.41, 5.74) is 4.13. The number of aryl methyl sites for hydroxylation is 2. The van der Waals surface area contributed by atoms with Gasteiger partial charge in [-0.15, -0.1) is 0 Å².